The van der Waals surface area contributed by atoms with Crippen molar-refractivity contribution in [3.63, 3.8) is 0 Å². The number of ether oxygens (including phenoxy) is 2. The van der Waals surface area contributed by atoms with E-state index < -0.39 is 65.2 Å². The number of carbonyl (C=O) groups is 6. The highest BCUT2D eigenvalue weighted by molar-refractivity contribution is 5.95. The summed E-state index contributed by atoms with van der Waals surface area (Å²) in [5.74, 6) is -4.09. The fraction of sp³-hybridized carbons (Fsp3) is 0.487. The lowest BCUT2D eigenvalue weighted by Gasteiger charge is -2.27. The number of carbonyl (C=O) groups excluding carboxylic acids is 6. The first-order chi connectivity index (χ1) is 25.6. The number of hydrogen-bond acceptors (Lipinski definition) is 11. The summed E-state index contributed by atoms with van der Waals surface area (Å²) in [5, 5.41) is 18.4. The summed E-state index contributed by atoms with van der Waals surface area (Å²) in [7, 11) is 0. The van der Waals surface area contributed by atoms with E-state index in [1.165, 1.54) is 6.92 Å². The first-order valence-corrected chi connectivity index (χ1v) is 18.1. The molecule has 15 nitrogen and oxygen atoms in total. The summed E-state index contributed by atoms with van der Waals surface area (Å²) < 4.78 is 16.3. The highest BCUT2D eigenvalue weighted by Crippen LogP contribution is 2.19. The summed E-state index contributed by atoms with van der Waals surface area (Å²) in [6, 6.07) is 14.5. The van der Waals surface area contributed by atoms with Gasteiger partial charge in [-0.2, -0.15) is 0 Å². The van der Waals surface area contributed by atoms with E-state index in [9.17, 15) is 28.8 Å². The lowest BCUT2D eigenvalue weighted by atomic mass is 9.97. The van der Waals surface area contributed by atoms with E-state index in [4.69, 9.17) is 13.9 Å². The van der Waals surface area contributed by atoms with E-state index in [1.54, 1.807) is 83.1 Å². The van der Waals surface area contributed by atoms with Gasteiger partial charge in [-0.05, 0) is 64.2 Å². The van der Waals surface area contributed by atoms with Crippen LogP contribution in [0.4, 0.5) is 4.79 Å². The van der Waals surface area contributed by atoms with Gasteiger partial charge in [0.2, 0.25) is 29.4 Å². The molecule has 3 aromatic rings. The fourth-order valence-corrected chi connectivity index (χ4v) is 5.15. The predicted molar refractivity (Wildman–Crippen MR) is 198 cm³/mol. The first kappa shape index (κ1) is 42.8. The molecule has 0 radical (unpaired) electrons. The van der Waals surface area contributed by atoms with Gasteiger partial charge < -0.3 is 35.2 Å². The Hall–Kier alpha value is -5.60. The maximum atomic E-state index is 13.6. The second-order valence-electron chi connectivity index (χ2n) is 14.0. The molecule has 0 bridgehead atoms. The van der Waals surface area contributed by atoms with Crippen molar-refractivity contribution in [1.82, 2.24) is 31.5 Å². The molecule has 0 aliphatic rings. The molecule has 0 aliphatic carbocycles. The Morgan fingerprint density at radius 2 is 1.44 bits per heavy atom. The zero-order valence-corrected chi connectivity index (χ0v) is 32.0. The van der Waals surface area contributed by atoms with Gasteiger partial charge in [-0.25, -0.2) is 4.79 Å². The van der Waals surface area contributed by atoms with Crippen molar-refractivity contribution in [2.24, 2.45) is 11.8 Å². The maximum absolute atomic E-state index is 13.6. The average molecular weight is 749 g/mol. The fourth-order valence-electron chi connectivity index (χ4n) is 5.15. The van der Waals surface area contributed by atoms with Crippen LogP contribution in [-0.2, 0) is 35.3 Å². The van der Waals surface area contributed by atoms with Crippen LogP contribution in [0.15, 0.2) is 65.1 Å². The summed E-state index contributed by atoms with van der Waals surface area (Å²) >= 11 is 0. The number of nitrogens with zero attached hydrogens (tertiary/aromatic N) is 2. The van der Waals surface area contributed by atoms with Gasteiger partial charge in [-0.1, -0.05) is 75.7 Å². The van der Waals surface area contributed by atoms with Crippen molar-refractivity contribution in [3.05, 3.63) is 72.1 Å². The van der Waals surface area contributed by atoms with Gasteiger partial charge in [0.25, 0.3) is 5.89 Å². The number of benzene rings is 2. The lowest BCUT2D eigenvalue weighted by molar-refractivity contribution is -0.155. The normalized spacial score (nSPS) is 14.0. The number of alkyl carbamates (subject to hydrolysis) is 1. The van der Waals surface area contributed by atoms with E-state index in [0.717, 1.165) is 5.56 Å². The van der Waals surface area contributed by atoms with Gasteiger partial charge in [0.1, 0.15) is 30.3 Å². The third kappa shape index (κ3) is 13.7. The Morgan fingerprint density at radius 3 is 2.06 bits per heavy atom. The van der Waals surface area contributed by atoms with Crippen LogP contribution in [0.2, 0.25) is 0 Å². The number of amides is 4. The maximum Gasteiger partial charge on any atom is 0.408 e. The van der Waals surface area contributed by atoms with Crippen molar-refractivity contribution in [2.45, 2.75) is 104 Å². The van der Waals surface area contributed by atoms with Crippen molar-refractivity contribution in [3.8, 4) is 11.5 Å². The molecule has 15 heteroatoms. The number of hydrogen-bond donors (Lipinski definition) is 4. The molecular formula is C39H52N6O9. The Morgan fingerprint density at radius 1 is 0.796 bits per heavy atom. The van der Waals surface area contributed by atoms with Crippen LogP contribution in [0.1, 0.15) is 90.4 Å². The molecular weight excluding hydrogens is 696 g/mol. The highest BCUT2D eigenvalue weighted by Gasteiger charge is 2.32. The third-order valence-electron chi connectivity index (χ3n) is 8.47. The minimum atomic E-state index is -1.28. The van der Waals surface area contributed by atoms with Gasteiger partial charge in [0.15, 0.2) is 0 Å². The largest absolute Gasteiger partial charge is 0.460 e. The smallest absolute Gasteiger partial charge is 0.408 e. The molecule has 5 unspecified atom stereocenters. The second-order valence-corrected chi connectivity index (χ2v) is 14.0. The van der Waals surface area contributed by atoms with Gasteiger partial charge in [-0.15, -0.1) is 10.2 Å². The highest BCUT2D eigenvalue weighted by atomic mass is 16.6. The van der Waals surface area contributed by atoms with E-state index in [1.807, 2.05) is 19.1 Å². The van der Waals surface area contributed by atoms with Crippen LogP contribution in [0, 0.1) is 11.8 Å². The molecule has 0 fully saturated rings. The predicted octanol–water partition coefficient (Wildman–Crippen LogP) is 4.51. The molecule has 3 rings (SSSR count). The van der Waals surface area contributed by atoms with Crippen LogP contribution in [-0.4, -0.2) is 76.0 Å². The molecule has 0 aliphatic heterocycles. The minimum Gasteiger partial charge on any atom is -0.460 e. The molecule has 1 aromatic heterocycles. The zero-order valence-electron chi connectivity index (χ0n) is 32.0. The molecule has 0 spiro atoms. The van der Waals surface area contributed by atoms with Gasteiger partial charge in [-0.3, -0.25) is 24.0 Å². The first-order valence-electron chi connectivity index (χ1n) is 18.1. The van der Waals surface area contributed by atoms with Crippen molar-refractivity contribution in [2.75, 3.05) is 6.54 Å². The Bertz CT molecular complexity index is 1710. The van der Waals surface area contributed by atoms with Crippen LogP contribution in [0.25, 0.3) is 11.5 Å². The standard InChI is InChI=1S/C39H52N6O9/c1-8-24(3)31(43-38(51)52-23-26-16-12-10-13-17-26)35(50)42-29(20-21-30(46)54-39(5,6)7)34(49)41-25(4)33(48)40-22-27(9-2)32(47)37-45-44-36(53-37)28-18-14-11-15-19-28/h10-19,24-25,27,29,31H,8-9,20-23H2,1-7H3,(H,40,48)(H,41,49)(H,42,50)(H,43,51). The number of aromatic nitrogens is 2. The summed E-state index contributed by atoms with van der Waals surface area (Å²) in [5.41, 5.74) is 0.640. The topological polar surface area (TPSA) is 208 Å². The molecule has 2 aromatic carbocycles. The molecule has 292 valence electrons. The van der Waals surface area contributed by atoms with Crippen molar-refractivity contribution < 1.29 is 42.7 Å². The summed E-state index contributed by atoms with van der Waals surface area (Å²) in [6.45, 7) is 11.9. The average Bonchev–Trinajstić information content (AvgIpc) is 3.65. The SMILES string of the molecule is CCC(CNC(=O)C(C)NC(=O)C(CCC(=O)OC(C)(C)C)NC(=O)C(NC(=O)OCc1ccccc1)C(C)CC)C(=O)c1nnc(-c2ccccc2)o1. The Balaban J connectivity index is 1.66. The van der Waals surface area contributed by atoms with Gasteiger partial charge >= 0.3 is 12.1 Å². The minimum absolute atomic E-state index is 0.0122. The second kappa shape index (κ2) is 20.6. The lowest BCUT2D eigenvalue weighted by Crippen LogP contribution is -2.57. The molecule has 5 atom stereocenters. The number of esters is 1. The number of nitrogens with one attached hydrogen (secondary N) is 4. The van der Waals surface area contributed by atoms with E-state index in [0.29, 0.717) is 18.4 Å². The molecule has 4 amide bonds. The summed E-state index contributed by atoms with van der Waals surface area (Å²) in [6.07, 6.45) is -0.344. The van der Waals surface area contributed by atoms with Gasteiger partial charge in [0, 0.05) is 24.4 Å². The number of Topliss-reactive ketones (excluding diaryl/α,β-unsaturated/α-hetero) is 1. The molecule has 1 heterocycles. The molecule has 0 saturated heterocycles. The van der Waals surface area contributed by atoms with Crippen LogP contribution >= 0.6 is 0 Å². The monoisotopic (exact) mass is 748 g/mol. The number of ketones is 1. The zero-order chi connectivity index (χ0) is 39.8. The molecule has 54 heavy (non-hydrogen) atoms. The van der Waals surface area contributed by atoms with Crippen molar-refractivity contribution >= 4 is 35.6 Å². The van der Waals surface area contributed by atoms with Gasteiger partial charge in [0.05, 0.1) is 0 Å². The van der Waals surface area contributed by atoms with E-state index in [-0.39, 0.29) is 43.7 Å². The van der Waals surface area contributed by atoms with Crippen molar-refractivity contribution in [1.29, 1.82) is 0 Å². The summed E-state index contributed by atoms with van der Waals surface area (Å²) in [4.78, 5) is 78.8. The quantitative estimate of drug-likeness (QED) is 0.0990. The number of rotatable bonds is 19. The van der Waals surface area contributed by atoms with E-state index >= 15 is 0 Å². The molecule has 4 N–H and O–H groups in total. The Labute approximate surface area is 315 Å². The Kier molecular flexibility index (Phi) is 16.3. The van der Waals surface area contributed by atoms with Crippen LogP contribution in [0.5, 0.6) is 0 Å². The van der Waals surface area contributed by atoms with Crippen LogP contribution < -0.4 is 21.3 Å². The van der Waals surface area contributed by atoms with Crippen LogP contribution in [0.3, 0.4) is 0 Å². The molecule has 0 saturated carbocycles. The van der Waals surface area contributed by atoms with E-state index in [2.05, 4.69) is 31.5 Å². The third-order valence-corrected chi connectivity index (χ3v) is 8.47.